The van der Waals surface area contributed by atoms with Gasteiger partial charge in [0.15, 0.2) is 6.29 Å². The maximum Gasteiger partial charge on any atom is 0.214 e. The predicted molar refractivity (Wildman–Crippen MR) is 50.9 cm³/mol. The zero-order valence-electron chi connectivity index (χ0n) is 7.98. The Hall–Kier alpha value is -2.17. The van der Waals surface area contributed by atoms with Crippen molar-refractivity contribution in [3.8, 4) is 0 Å². The number of nitrogens with zero attached hydrogens (tertiary/aromatic N) is 1. The molecule has 0 aliphatic heterocycles. The third-order valence-electron chi connectivity index (χ3n) is 2.07. The Kier molecular flexibility index (Phi) is 2.21. The van der Waals surface area contributed by atoms with E-state index in [1.165, 1.54) is 6.26 Å². The van der Waals surface area contributed by atoms with E-state index in [2.05, 4.69) is 14.7 Å². The monoisotopic (exact) mass is 204 g/mol. The zero-order chi connectivity index (χ0) is 10.8. The van der Waals surface area contributed by atoms with E-state index in [4.69, 9.17) is 0 Å². The number of hydrogen-bond donors (Lipinski definition) is 1. The standard InChI is InChI=1S/C10H8N2O3/c1-6-8(5-15-12-6)10(14)9-3-2-7(4-13)11-9/h2-5,11H,1H3. The van der Waals surface area contributed by atoms with Crippen LogP contribution in [0, 0.1) is 6.92 Å². The Bertz CT molecular complexity index is 510. The number of nitrogens with one attached hydrogen (secondary N) is 1. The van der Waals surface area contributed by atoms with Gasteiger partial charge in [-0.25, -0.2) is 0 Å². The van der Waals surface area contributed by atoms with Gasteiger partial charge in [0.1, 0.15) is 6.26 Å². The molecular weight excluding hydrogens is 196 g/mol. The van der Waals surface area contributed by atoms with Gasteiger partial charge in [-0.05, 0) is 19.1 Å². The van der Waals surface area contributed by atoms with Crippen molar-refractivity contribution in [1.82, 2.24) is 10.1 Å². The number of aromatic nitrogens is 2. The molecule has 0 fully saturated rings. The van der Waals surface area contributed by atoms with Crippen LogP contribution in [0.3, 0.4) is 0 Å². The molecule has 0 unspecified atom stereocenters. The fourth-order valence-corrected chi connectivity index (χ4v) is 1.27. The number of ketones is 1. The van der Waals surface area contributed by atoms with Crippen LogP contribution in [-0.4, -0.2) is 22.2 Å². The summed E-state index contributed by atoms with van der Waals surface area (Å²) in [6.45, 7) is 1.68. The molecule has 0 atom stereocenters. The van der Waals surface area contributed by atoms with Crippen LogP contribution in [0.4, 0.5) is 0 Å². The van der Waals surface area contributed by atoms with Crippen LogP contribution in [0.5, 0.6) is 0 Å². The molecule has 0 spiro atoms. The fourth-order valence-electron chi connectivity index (χ4n) is 1.27. The lowest BCUT2D eigenvalue weighted by atomic mass is 10.1. The minimum absolute atomic E-state index is 0.234. The maximum absolute atomic E-state index is 11.8. The number of rotatable bonds is 3. The molecule has 0 saturated carbocycles. The quantitative estimate of drug-likeness (QED) is 0.604. The number of aryl methyl sites for hydroxylation is 1. The van der Waals surface area contributed by atoms with Crippen LogP contribution in [0.1, 0.15) is 32.2 Å². The second-order valence-corrected chi connectivity index (χ2v) is 3.09. The van der Waals surface area contributed by atoms with Crippen molar-refractivity contribution in [1.29, 1.82) is 0 Å². The van der Waals surface area contributed by atoms with E-state index in [0.717, 1.165) is 0 Å². The molecule has 0 bridgehead atoms. The van der Waals surface area contributed by atoms with Gasteiger partial charge in [-0.3, -0.25) is 9.59 Å². The van der Waals surface area contributed by atoms with E-state index >= 15 is 0 Å². The Morgan fingerprint density at radius 3 is 2.87 bits per heavy atom. The molecule has 5 nitrogen and oxygen atoms in total. The Labute approximate surface area is 85.1 Å². The molecule has 2 heterocycles. The molecule has 0 radical (unpaired) electrons. The number of carbonyl (C=O) groups is 2. The van der Waals surface area contributed by atoms with Gasteiger partial charge in [-0.15, -0.1) is 0 Å². The molecule has 0 saturated heterocycles. The van der Waals surface area contributed by atoms with Gasteiger partial charge < -0.3 is 9.51 Å². The molecule has 2 rings (SSSR count). The van der Waals surface area contributed by atoms with Crippen LogP contribution in [0.2, 0.25) is 0 Å². The molecule has 5 heteroatoms. The molecular formula is C10H8N2O3. The second-order valence-electron chi connectivity index (χ2n) is 3.09. The third kappa shape index (κ3) is 1.59. The minimum Gasteiger partial charge on any atom is -0.364 e. The highest BCUT2D eigenvalue weighted by Crippen LogP contribution is 2.12. The first-order valence-electron chi connectivity index (χ1n) is 4.32. The molecule has 1 N–H and O–H groups in total. The van der Waals surface area contributed by atoms with Gasteiger partial charge in [0.25, 0.3) is 0 Å². The average molecular weight is 204 g/mol. The van der Waals surface area contributed by atoms with E-state index < -0.39 is 0 Å². The van der Waals surface area contributed by atoms with Crippen LogP contribution in [0.25, 0.3) is 0 Å². The lowest BCUT2D eigenvalue weighted by molar-refractivity contribution is 0.103. The van der Waals surface area contributed by atoms with Crippen molar-refractivity contribution < 1.29 is 14.1 Å². The Morgan fingerprint density at radius 2 is 2.33 bits per heavy atom. The topological polar surface area (TPSA) is 76.0 Å². The first-order chi connectivity index (χ1) is 7.22. The smallest absolute Gasteiger partial charge is 0.214 e. The molecule has 15 heavy (non-hydrogen) atoms. The van der Waals surface area contributed by atoms with Crippen molar-refractivity contribution in [3.63, 3.8) is 0 Å². The normalized spacial score (nSPS) is 10.2. The summed E-state index contributed by atoms with van der Waals surface area (Å²) in [5.74, 6) is -0.234. The lowest BCUT2D eigenvalue weighted by Gasteiger charge is -1.93. The SMILES string of the molecule is Cc1nocc1C(=O)c1ccc(C=O)[nH]1. The van der Waals surface area contributed by atoms with Crippen molar-refractivity contribution in [2.24, 2.45) is 0 Å². The largest absolute Gasteiger partial charge is 0.364 e. The van der Waals surface area contributed by atoms with Gasteiger partial charge in [-0.1, -0.05) is 5.16 Å². The van der Waals surface area contributed by atoms with Gasteiger partial charge in [0, 0.05) is 0 Å². The van der Waals surface area contributed by atoms with E-state index in [0.29, 0.717) is 28.9 Å². The minimum atomic E-state index is -0.234. The lowest BCUT2D eigenvalue weighted by Crippen LogP contribution is -2.02. The summed E-state index contributed by atoms with van der Waals surface area (Å²) < 4.78 is 4.67. The van der Waals surface area contributed by atoms with E-state index in [-0.39, 0.29) is 5.78 Å². The summed E-state index contributed by atoms with van der Waals surface area (Å²) in [6, 6.07) is 3.10. The third-order valence-corrected chi connectivity index (χ3v) is 2.07. The molecule has 0 aliphatic carbocycles. The fraction of sp³-hybridized carbons (Fsp3) is 0.100. The molecule has 0 amide bonds. The first-order valence-corrected chi connectivity index (χ1v) is 4.32. The first kappa shape index (κ1) is 9.39. The van der Waals surface area contributed by atoms with Crippen LogP contribution in [0.15, 0.2) is 22.9 Å². The van der Waals surface area contributed by atoms with Crippen LogP contribution in [-0.2, 0) is 0 Å². The number of aromatic amines is 1. The number of aldehydes is 1. The summed E-state index contributed by atoms with van der Waals surface area (Å²) in [7, 11) is 0. The van der Waals surface area contributed by atoms with Gasteiger partial charge >= 0.3 is 0 Å². The van der Waals surface area contributed by atoms with Crippen molar-refractivity contribution in [2.45, 2.75) is 6.92 Å². The zero-order valence-corrected chi connectivity index (χ0v) is 7.98. The highest BCUT2D eigenvalue weighted by molar-refractivity contribution is 6.08. The summed E-state index contributed by atoms with van der Waals surface area (Å²) in [4.78, 5) is 24.9. The maximum atomic E-state index is 11.8. The molecule has 76 valence electrons. The highest BCUT2D eigenvalue weighted by Gasteiger charge is 2.16. The number of H-pyrrole nitrogens is 1. The van der Waals surface area contributed by atoms with E-state index in [1.54, 1.807) is 19.1 Å². The summed E-state index contributed by atoms with van der Waals surface area (Å²) in [5.41, 5.74) is 1.65. The van der Waals surface area contributed by atoms with Crippen LogP contribution >= 0.6 is 0 Å². The predicted octanol–water partition coefficient (Wildman–Crippen LogP) is 1.35. The van der Waals surface area contributed by atoms with Gasteiger partial charge in [0.2, 0.25) is 5.78 Å². The summed E-state index contributed by atoms with van der Waals surface area (Å²) in [5, 5.41) is 3.61. The summed E-state index contributed by atoms with van der Waals surface area (Å²) in [6.07, 6.45) is 1.94. The van der Waals surface area contributed by atoms with Gasteiger partial charge in [-0.2, -0.15) is 0 Å². The van der Waals surface area contributed by atoms with Crippen molar-refractivity contribution in [3.05, 3.63) is 41.0 Å². The van der Waals surface area contributed by atoms with Crippen LogP contribution < -0.4 is 0 Å². The van der Waals surface area contributed by atoms with E-state index in [9.17, 15) is 9.59 Å². The second kappa shape index (κ2) is 3.53. The average Bonchev–Trinajstić information content (AvgIpc) is 2.84. The Balaban J connectivity index is 2.36. The molecule has 2 aromatic heterocycles. The Morgan fingerprint density at radius 1 is 1.53 bits per heavy atom. The molecule has 0 aliphatic rings. The number of hydrogen-bond acceptors (Lipinski definition) is 4. The van der Waals surface area contributed by atoms with E-state index in [1.807, 2.05) is 0 Å². The molecule has 2 aromatic rings. The van der Waals surface area contributed by atoms with Crippen molar-refractivity contribution in [2.75, 3.05) is 0 Å². The highest BCUT2D eigenvalue weighted by atomic mass is 16.5. The molecule has 0 aromatic carbocycles. The summed E-state index contributed by atoms with van der Waals surface area (Å²) >= 11 is 0. The number of carbonyl (C=O) groups excluding carboxylic acids is 2. The van der Waals surface area contributed by atoms with Gasteiger partial charge in [0.05, 0.1) is 22.6 Å². The van der Waals surface area contributed by atoms with Crippen molar-refractivity contribution >= 4 is 12.1 Å².